The summed E-state index contributed by atoms with van der Waals surface area (Å²) in [6.45, 7) is 9.56. The fourth-order valence-corrected chi connectivity index (χ4v) is 5.44. The predicted molar refractivity (Wildman–Crippen MR) is 149 cm³/mol. The summed E-state index contributed by atoms with van der Waals surface area (Å²) in [7, 11) is 0. The number of hydrogen-bond acceptors (Lipinski definition) is 3. The lowest BCUT2D eigenvalue weighted by molar-refractivity contribution is -0.137. The highest BCUT2D eigenvalue weighted by molar-refractivity contribution is 6.30. The van der Waals surface area contributed by atoms with Crippen LogP contribution in [0.4, 0.5) is 0 Å². The van der Waals surface area contributed by atoms with E-state index < -0.39 is 6.04 Å². The Labute approximate surface area is 224 Å². The first-order valence-electron chi connectivity index (χ1n) is 12.8. The molecular weight excluding hydrogens is 484 g/mol. The highest BCUT2D eigenvalue weighted by Crippen LogP contribution is 2.42. The van der Waals surface area contributed by atoms with E-state index in [1.54, 1.807) is 30.3 Å². The third-order valence-corrected chi connectivity index (χ3v) is 7.59. The minimum absolute atomic E-state index is 0.0462. The molecule has 1 fully saturated rings. The molecule has 6 heteroatoms. The lowest BCUT2D eigenvalue weighted by Gasteiger charge is -2.45. The standard InChI is InChI=1S/C31H35ClN2O3/c1-20(2)28(33-29(36)24-9-5-7-22(17-24)23-8-6-10-26(35)18-23)30(37)34-16-15-27(31(3,4)19-34)21-11-13-25(32)14-12-21/h5-14,17-18,20,27-28,35H,15-16,19H2,1-4H3,(H,33,36)/t27-,28-/m1/s1. The maximum Gasteiger partial charge on any atom is 0.251 e. The summed E-state index contributed by atoms with van der Waals surface area (Å²) < 4.78 is 0. The molecular formula is C31H35ClN2O3. The summed E-state index contributed by atoms with van der Waals surface area (Å²) in [6, 6.07) is 21.5. The van der Waals surface area contributed by atoms with E-state index in [-0.39, 0.29) is 28.9 Å². The average Bonchev–Trinajstić information content (AvgIpc) is 2.87. The Morgan fingerprint density at radius 2 is 1.65 bits per heavy atom. The number of benzene rings is 3. The monoisotopic (exact) mass is 518 g/mol. The summed E-state index contributed by atoms with van der Waals surface area (Å²) in [5, 5.41) is 13.5. The van der Waals surface area contributed by atoms with Crippen molar-refractivity contribution >= 4 is 23.4 Å². The van der Waals surface area contributed by atoms with E-state index in [2.05, 4.69) is 31.3 Å². The van der Waals surface area contributed by atoms with E-state index in [0.29, 0.717) is 24.6 Å². The zero-order valence-corrected chi connectivity index (χ0v) is 22.6. The Balaban J connectivity index is 1.48. The fraction of sp³-hybridized carbons (Fsp3) is 0.355. The van der Waals surface area contributed by atoms with Crippen molar-refractivity contribution in [1.29, 1.82) is 0 Å². The van der Waals surface area contributed by atoms with Gasteiger partial charge in [-0.2, -0.15) is 0 Å². The van der Waals surface area contributed by atoms with Crippen LogP contribution in [0, 0.1) is 11.3 Å². The molecule has 1 aliphatic rings. The topological polar surface area (TPSA) is 69.6 Å². The molecule has 0 bridgehead atoms. The number of phenols is 1. The number of halogens is 1. The number of nitrogens with zero attached hydrogens (tertiary/aromatic N) is 1. The molecule has 37 heavy (non-hydrogen) atoms. The summed E-state index contributed by atoms with van der Waals surface area (Å²) >= 11 is 6.09. The summed E-state index contributed by atoms with van der Waals surface area (Å²) in [5.74, 6) is 0.0870. The summed E-state index contributed by atoms with van der Waals surface area (Å²) in [4.78, 5) is 28.8. The normalized spacial score (nSPS) is 17.9. The predicted octanol–water partition coefficient (Wildman–Crippen LogP) is 6.51. The third kappa shape index (κ3) is 6.16. The number of amides is 2. The zero-order chi connectivity index (χ0) is 26.7. The molecule has 4 rings (SSSR count). The number of rotatable bonds is 6. The molecule has 1 saturated heterocycles. The fourth-order valence-electron chi connectivity index (χ4n) is 5.32. The Kier molecular flexibility index (Phi) is 7.93. The Bertz CT molecular complexity index is 1270. The molecule has 2 amide bonds. The minimum Gasteiger partial charge on any atom is -0.508 e. The van der Waals surface area contributed by atoms with Crippen LogP contribution in [0.15, 0.2) is 72.8 Å². The van der Waals surface area contributed by atoms with E-state index in [9.17, 15) is 14.7 Å². The molecule has 0 unspecified atom stereocenters. The van der Waals surface area contributed by atoms with Gasteiger partial charge >= 0.3 is 0 Å². The van der Waals surface area contributed by atoms with Crippen LogP contribution in [0.5, 0.6) is 5.75 Å². The molecule has 0 saturated carbocycles. The highest BCUT2D eigenvalue weighted by Gasteiger charge is 2.40. The van der Waals surface area contributed by atoms with Crippen LogP contribution in [0.25, 0.3) is 11.1 Å². The van der Waals surface area contributed by atoms with E-state index in [4.69, 9.17) is 11.6 Å². The molecule has 1 heterocycles. The summed E-state index contributed by atoms with van der Waals surface area (Å²) in [5.41, 5.74) is 3.23. The average molecular weight is 519 g/mol. The number of piperidine rings is 1. The van der Waals surface area contributed by atoms with Crippen molar-refractivity contribution in [2.45, 2.75) is 46.1 Å². The van der Waals surface area contributed by atoms with Gasteiger partial charge in [0.15, 0.2) is 0 Å². The Morgan fingerprint density at radius 1 is 1.00 bits per heavy atom. The lowest BCUT2D eigenvalue weighted by Crippen LogP contribution is -2.55. The third-order valence-electron chi connectivity index (χ3n) is 7.34. The van der Waals surface area contributed by atoms with Crippen LogP contribution in [-0.4, -0.2) is 41.0 Å². The molecule has 1 aliphatic heterocycles. The molecule has 2 atom stereocenters. The molecule has 3 aromatic carbocycles. The van der Waals surface area contributed by atoms with Gasteiger partial charge in [0.1, 0.15) is 11.8 Å². The van der Waals surface area contributed by atoms with E-state index in [0.717, 1.165) is 22.6 Å². The van der Waals surface area contributed by atoms with Crippen LogP contribution in [0.2, 0.25) is 5.02 Å². The van der Waals surface area contributed by atoms with Gasteiger partial charge in [-0.1, -0.05) is 75.7 Å². The van der Waals surface area contributed by atoms with Crippen molar-refractivity contribution in [2.75, 3.05) is 13.1 Å². The van der Waals surface area contributed by atoms with Crippen molar-refractivity contribution in [3.05, 3.63) is 88.9 Å². The number of hydrogen-bond donors (Lipinski definition) is 2. The second-order valence-electron chi connectivity index (χ2n) is 11.0. The van der Waals surface area contributed by atoms with Crippen LogP contribution < -0.4 is 5.32 Å². The van der Waals surface area contributed by atoms with E-state index in [1.165, 1.54) is 5.56 Å². The molecule has 3 aromatic rings. The smallest absolute Gasteiger partial charge is 0.251 e. The van der Waals surface area contributed by atoms with Crippen molar-refractivity contribution in [2.24, 2.45) is 11.3 Å². The van der Waals surface area contributed by atoms with Crippen molar-refractivity contribution in [1.82, 2.24) is 10.2 Å². The number of aromatic hydroxyl groups is 1. The summed E-state index contributed by atoms with van der Waals surface area (Å²) in [6.07, 6.45) is 0.852. The maximum absolute atomic E-state index is 13.7. The zero-order valence-electron chi connectivity index (χ0n) is 21.9. The number of nitrogens with one attached hydrogen (secondary N) is 1. The van der Waals surface area contributed by atoms with Gasteiger partial charge < -0.3 is 15.3 Å². The highest BCUT2D eigenvalue weighted by atomic mass is 35.5. The van der Waals surface area contributed by atoms with Crippen LogP contribution >= 0.6 is 11.6 Å². The SMILES string of the molecule is CC(C)[C@@H](NC(=O)c1cccc(-c2cccc(O)c2)c1)C(=O)N1CC[C@H](c2ccc(Cl)cc2)C(C)(C)C1. The lowest BCUT2D eigenvalue weighted by atomic mass is 9.70. The van der Waals surface area contributed by atoms with Crippen LogP contribution in [0.1, 0.15) is 56.0 Å². The van der Waals surface area contributed by atoms with Gasteiger partial charge in [-0.25, -0.2) is 0 Å². The van der Waals surface area contributed by atoms with E-state index >= 15 is 0 Å². The number of likely N-dealkylation sites (tertiary alicyclic amines) is 1. The van der Waals surface area contributed by atoms with Crippen molar-refractivity contribution in [3.63, 3.8) is 0 Å². The number of carbonyl (C=O) groups is 2. The van der Waals surface area contributed by atoms with Gasteiger partial charge in [0.2, 0.25) is 5.91 Å². The van der Waals surface area contributed by atoms with Gasteiger partial charge in [-0.15, -0.1) is 0 Å². The van der Waals surface area contributed by atoms with Gasteiger partial charge in [-0.3, -0.25) is 9.59 Å². The Hall–Kier alpha value is -3.31. The van der Waals surface area contributed by atoms with Gasteiger partial charge in [-0.05, 0) is 76.8 Å². The number of carbonyl (C=O) groups excluding carboxylic acids is 2. The maximum atomic E-state index is 13.7. The van der Waals surface area contributed by atoms with Gasteiger partial charge in [0.25, 0.3) is 5.91 Å². The molecule has 194 valence electrons. The van der Waals surface area contributed by atoms with Crippen LogP contribution in [-0.2, 0) is 4.79 Å². The first kappa shape index (κ1) is 26.7. The Morgan fingerprint density at radius 3 is 2.27 bits per heavy atom. The van der Waals surface area contributed by atoms with Crippen molar-refractivity contribution < 1.29 is 14.7 Å². The second kappa shape index (κ2) is 11.0. The van der Waals surface area contributed by atoms with Crippen LogP contribution in [0.3, 0.4) is 0 Å². The molecule has 0 spiro atoms. The molecule has 0 radical (unpaired) electrons. The quantitative estimate of drug-likeness (QED) is 0.391. The van der Waals surface area contributed by atoms with Crippen molar-refractivity contribution in [3.8, 4) is 16.9 Å². The second-order valence-corrected chi connectivity index (χ2v) is 11.4. The molecule has 5 nitrogen and oxygen atoms in total. The minimum atomic E-state index is -0.625. The van der Waals surface area contributed by atoms with Gasteiger partial charge in [0, 0.05) is 23.7 Å². The van der Waals surface area contributed by atoms with E-state index in [1.807, 2.05) is 49.1 Å². The largest absolute Gasteiger partial charge is 0.508 e. The molecule has 0 aliphatic carbocycles. The molecule has 0 aromatic heterocycles. The first-order valence-corrected chi connectivity index (χ1v) is 13.2. The van der Waals surface area contributed by atoms with Gasteiger partial charge in [0.05, 0.1) is 0 Å². The number of phenolic OH excluding ortho intramolecular Hbond substituents is 1. The first-order chi connectivity index (χ1) is 17.5. The molecule has 2 N–H and O–H groups in total.